The minimum Gasteiger partial charge on any atom is -0.481 e. The molecule has 2 aromatic rings. The Morgan fingerprint density at radius 1 is 1.04 bits per heavy atom. The van der Waals surface area contributed by atoms with Gasteiger partial charge in [0.05, 0.1) is 0 Å². The summed E-state index contributed by atoms with van der Waals surface area (Å²) < 4.78 is 5.75. The average molecular weight is 372 g/mol. The standard InChI is InChI=1S/C20H25N3O2S/c1-12-9-13(2)11-17(10-12)21-20(26)23-22-19(24)16(5)25-18-8-6-7-14(3)15(18)4/h6-11,16H,1-5H3,(H,22,24)(H2,21,23,26)/t16-/m1/s1. The average Bonchev–Trinajstić information content (AvgIpc) is 2.55. The van der Waals surface area contributed by atoms with Gasteiger partial charge in [0.1, 0.15) is 5.75 Å². The van der Waals surface area contributed by atoms with Gasteiger partial charge in [-0.2, -0.15) is 0 Å². The van der Waals surface area contributed by atoms with Gasteiger partial charge in [-0.25, -0.2) is 0 Å². The molecule has 0 spiro atoms. The number of hydrogen-bond donors (Lipinski definition) is 3. The molecule has 2 rings (SSSR count). The van der Waals surface area contributed by atoms with Gasteiger partial charge < -0.3 is 10.1 Å². The number of carbonyl (C=O) groups is 1. The van der Waals surface area contributed by atoms with Gasteiger partial charge in [0.15, 0.2) is 11.2 Å². The van der Waals surface area contributed by atoms with Crippen LogP contribution in [0, 0.1) is 27.7 Å². The number of anilines is 1. The molecule has 1 atom stereocenters. The lowest BCUT2D eigenvalue weighted by Gasteiger charge is -2.18. The lowest BCUT2D eigenvalue weighted by molar-refractivity contribution is -0.127. The van der Waals surface area contributed by atoms with E-state index in [4.69, 9.17) is 17.0 Å². The fraction of sp³-hybridized carbons (Fsp3) is 0.300. The van der Waals surface area contributed by atoms with Crippen molar-refractivity contribution < 1.29 is 9.53 Å². The maximum Gasteiger partial charge on any atom is 0.279 e. The molecule has 0 bridgehead atoms. The Bertz CT molecular complexity index is 800. The molecule has 0 radical (unpaired) electrons. The lowest BCUT2D eigenvalue weighted by Crippen LogP contribution is -2.48. The third kappa shape index (κ3) is 5.46. The molecule has 0 heterocycles. The van der Waals surface area contributed by atoms with E-state index in [9.17, 15) is 4.79 Å². The number of hydrogen-bond acceptors (Lipinski definition) is 3. The summed E-state index contributed by atoms with van der Waals surface area (Å²) in [6.45, 7) is 9.70. The van der Waals surface area contributed by atoms with E-state index in [2.05, 4.69) is 22.2 Å². The molecule has 0 unspecified atom stereocenters. The van der Waals surface area contributed by atoms with Crippen molar-refractivity contribution in [2.24, 2.45) is 0 Å². The molecule has 2 aromatic carbocycles. The first-order chi connectivity index (χ1) is 12.3. The molecule has 0 aromatic heterocycles. The second-order valence-corrected chi connectivity index (χ2v) is 6.81. The Kier molecular flexibility index (Phi) is 6.58. The molecule has 0 saturated heterocycles. The Hall–Kier alpha value is -2.60. The molecule has 0 aliphatic rings. The van der Waals surface area contributed by atoms with Crippen LogP contribution in [0.15, 0.2) is 36.4 Å². The fourth-order valence-electron chi connectivity index (χ4n) is 2.53. The first-order valence-corrected chi connectivity index (χ1v) is 8.85. The number of benzene rings is 2. The molecule has 0 aliphatic carbocycles. The zero-order valence-electron chi connectivity index (χ0n) is 15.8. The Labute approximate surface area is 160 Å². The van der Waals surface area contributed by atoms with E-state index in [1.807, 2.05) is 58.0 Å². The quantitative estimate of drug-likeness (QED) is 0.565. The monoisotopic (exact) mass is 371 g/mol. The van der Waals surface area contributed by atoms with E-state index in [0.717, 1.165) is 27.9 Å². The molecular formula is C20H25N3O2S. The van der Waals surface area contributed by atoms with Gasteiger partial charge in [-0.05, 0) is 87.3 Å². The fourth-order valence-corrected chi connectivity index (χ4v) is 2.69. The molecule has 3 N–H and O–H groups in total. The normalized spacial score (nSPS) is 11.4. The van der Waals surface area contributed by atoms with Crippen molar-refractivity contribution in [1.29, 1.82) is 0 Å². The van der Waals surface area contributed by atoms with Crippen molar-refractivity contribution in [3.63, 3.8) is 0 Å². The van der Waals surface area contributed by atoms with E-state index in [1.54, 1.807) is 6.92 Å². The van der Waals surface area contributed by atoms with E-state index in [1.165, 1.54) is 0 Å². The summed E-state index contributed by atoms with van der Waals surface area (Å²) in [7, 11) is 0. The van der Waals surface area contributed by atoms with Crippen molar-refractivity contribution in [3.8, 4) is 5.75 Å². The molecule has 0 saturated carbocycles. The lowest BCUT2D eigenvalue weighted by atomic mass is 10.1. The predicted molar refractivity (Wildman–Crippen MR) is 109 cm³/mol. The van der Waals surface area contributed by atoms with Gasteiger partial charge >= 0.3 is 0 Å². The Morgan fingerprint density at radius 2 is 1.69 bits per heavy atom. The number of thiocarbonyl (C=S) groups is 1. The highest BCUT2D eigenvalue weighted by molar-refractivity contribution is 7.80. The molecule has 6 heteroatoms. The predicted octanol–water partition coefficient (Wildman–Crippen LogP) is 3.71. The summed E-state index contributed by atoms with van der Waals surface area (Å²) >= 11 is 5.22. The van der Waals surface area contributed by atoms with Gasteiger partial charge in [0.2, 0.25) is 0 Å². The highest BCUT2D eigenvalue weighted by Crippen LogP contribution is 2.21. The third-order valence-electron chi connectivity index (χ3n) is 4.01. The maximum absolute atomic E-state index is 12.2. The van der Waals surface area contributed by atoms with Crippen molar-refractivity contribution in [1.82, 2.24) is 10.9 Å². The van der Waals surface area contributed by atoms with E-state index in [0.29, 0.717) is 10.9 Å². The number of amides is 1. The number of aryl methyl sites for hydroxylation is 3. The van der Waals surface area contributed by atoms with Crippen LogP contribution in [0.5, 0.6) is 5.75 Å². The van der Waals surface area contributed by atoms with E-state index < -0.39 is 6.10 Å². The summed E-state index contributed by atoms with van der Waals surface area (Å²) in [5.41, 5.74) is 10.5. The topological polar surface area (TPSA) is 62.4 Å². The number of rotatable bonds is 4. The van der Waals surface area contributed by atoms with Crippen molar-refractivity contribution in [2.75, 3.05) is 5.32 Å². The molecule has 0 aliphatic heterocycles. The van der Waals surface area contributed by atoms with Crippen LogP contribution in [0.3, 0.4) is 0 Å². The summed E-state index contributed by atoms with van der Waals surface area (Å²) in [4.78, 5) is 12.2. The van der Waals surface area contributed by atoms with Crippen molar-refractivity contribution in [3.05, 3.63) is 58.7 Å². The largest absolute Gasteiger partial charge is 0.481 e. The molecule has 26 heavy (non-hydrogen) atoms. The highest BCUT2D eigenvalue weighted by Gasteiger charge is 2.16. The van der Waals surface area contributed by atoms with Crippen LogP contribution < -0.4 is 20.9 Å². The second-order valence-electron chi connectivity index (χ2n) is 6.40. The summed E-state index contributed by atoms with van der Waals surface area (Å²) in [5.74, 6) is 0.388. The summed E-state index contributed by atoms with van der Waals surface area (Å²) in [5, 5.41) is 3.36. The van der Waals surface area contributed by atoms with Gasteiger partial charge in [-0.3, -0.25) is 15.6 Å². The van der Waals surface area contributed by atoms with Crippen molar-refractivity contribution >= 4 is 28.9 Å². The number of carbonyl (C=O) groups excluding carboxylic acids is 1. The van der Waals surface area contributed by atoms with Crippen LogP contribution in [0.25, 0.3) is 0 Å². The van der Waals surface area contributed by atoms with E-state index >= 15 is 0 Å². The van der Waals surface area contributed by atoms with Crippen molar-refractivity contribution in [2.45, 2.75) is 40.7 Å². The van der Waals surface area contributed by atoms with Crippen LogP contribution in [0.2, 0.25) is 0 Å². The molecule has 5 nitrogen and oxygen atoms in total. The van der Waals surface area contributed by atoms with Crippen LogP contribution in [0.1, 0.15) is 29.2 Å². The third-order valence-corrected chi connectivity index (χ3v) is 4.21. The van der Waals surface area contributed by atoms with Gasteiger partial charge in [0, 0.05) is 5.69 Å². The molecular weight excluding hydrogens is 346 g/mol. The van der Waals surface area contributed by atoms with Gasteiger partial charge in [0.25, 0.3) is 5.91 Å². The number of nitrogens with one attached hydrogen (secondary N) is 3. The Morgan fingerprint density at radius 3 is 2.35 bits per heavy atom. The number of hydrazine groups is 1. The summed E-state index contributed by atoms with van der Waals surface area (Å²) in [6.07, 6.45) is -0.660. The van der Waals surface area contributed by atoms with Crippen LogP contribution in [0.4, 0.5) is 5.69 Å². The van der Waals surface area contributed by atoms with E-state index in [-0.39, 0.29) is 5.91 Å². The molecule has 0 fully saturated rings. The highest BCUT2D eigenvalue weighted by atomic mass is 32.1. The summed E-state index contributed by atoms with van der Waals surface area (Å²) in [6, 6.07) is 11.8. The minimum atomic E-state index is -0.660. The minimum absolute atomic E-state index is 0.308. The second kappa shape index (κ2) is 8.67. The van der Waals surface area contributed by atoms with Gasteiger partial charge in [-0.1, -0.05) is 18.2 Å². The molecule has 1 amide bonds. The molecule has 138 valence electrons. The van der Waals surface area contributed by atoms with Crippen LogP contribution in [-0.2, 0) is 4.79 Å². The smallest absolute Gasteiger partial charge is 0.279 e. The SMILES string of the molecule is Cc1cc(C)cc(NC(=S)NNC(=O)[C@@H](C)Oc2cccc(C)c2C)c1. The maximum atomic E-state index is 12.2. The zero-order chi connectivity index (χ0) is 19.3. The first-order valence-electron chi connectivity index (χ1n) is 8.44. The Balaban J connectivity index is 1.87. The zero-order valence-corrected chi connectivity index (χ0v) is 16.6. The van der Waals surface area contributed by atoms with Crippen LogP contribution in [-0.4, -0.2) is 17.1 Å². The van der Waals surface area contributed by atoms with Gasteiger partial charge in [-0.15, -0.1) is 0 Å². The number of ether oxygens (including phenoxy) is 1. The first kappa shape index (κ1) is 19.7. The van der Waals surface area contributed by atoms with Crippen LogP contribution >= 0.6 is 12.2 Å².